The van der Waals surface area contributed by atoms with Crippen molar-refractivity contribution in [2.45, 2.75) is 6.42 Å². The second-order valence-electron chi connectivity index (χ2n) is 4.63. The van der Waals surface area contributed by atoms with Crippen molar-refractivity contribution in [2.24, 2.45) is 7.05 Å². The molecule has 0 atom stereocenters. The Hall–Kier alpha value is -2.63. The molecule has 2 aromatic heterocycles. The highest BCUT2D eigenvalue weighted by atomic mass is 16.1. The number of hydrogen-bond donors (Lipinski definition) is 2. The van der Waals surface area contributed by atoms with Gasteiger partial charge in [-0.15, -0.1) is 0 Å². The number of hydrogen-bond acceptors (Lipinski definition) is 4. The molecule has 3 rings (SSSR count). The van der Waals surface area contributed by atoms with Gasteiger partial charge >= 0.3 is 0 Å². The number of fused-ring (bicyclic) bond motifs is 1. The summed E-state index contributed by atoms with van der Waals surface area (Å²) >= 11 is 0. The van der Waals surface area contributed by atoms with Gasteiger partial charge in [-0.3, -0.25) is 14.5 Å². The number of nitrogens with one attached hydrogen (secondary N) is 2. The van der Waals surface area contributed by atoms with Crippen LogP contribution in [-0.4, -0.2) is 26.3 Å². The van der Waals surface area contributed by atoms with Gasteiger partial charge in [0.05, 0.1) is 17.1 Å². The van der Waals surface area contributed by atoms with Crippen molar-refractivity contribution in [1.29, 1.82) is 0 Å². The molecule has 102 valence electrons. The third kappa shape index (κ3) is 2.54. The number of benzene rings is 1. The number of aromatic nitrogens is 4. The van der Waals surface area contributed by atoms with Gasteiger partial charge in [0.2, 0.25) is 5.95 Å². The van der Waals surface area contributed by atoms with Crippen LogP contribution >= 0.6 is 0 Å². The first-order chi connectivity index (χ1) is 9.72. The lowest BCUT2D eigenvalue weighted by Crippen LogP contribution is -2.14. The van der Waals surface area contributed by atoms with E-state index in [0.717, 1.165) is 12.0 Å². The highest BCUT2D eigenvalue weighted by molar-refractivity contribution is 5.78. The summed E-state index contributed by atoms with van der Waals surface area (Å²) in [5, 5.41) is 7.85. The van der Waals surface area contributed by atoms with Gasteiger partial charge in [0.1, 0.15) is 0 Å². The summed E-state index contributed by atoms with van der Waals surface area (Å²) in [6.45, 7) is 0.687. The Morgan fingerprint density at radius 3 is 3.00 bits per heavy atom. The van der Waals surface area contributed by atoms with E-state index in [-0.39, 0.29) is 5.56 Å². The van der Waals surface area contributed by atoms with Crippen molar-refractivity contribution in [1.82, 2.24) is 19.7 Å². The molecule has 0 amide bonds. The monoisotopic (exact) mass is 269 g/mol. The molecule has 0 aliphatic heterocycles. The van der Waals surface area contributed by atoms with Crippen LogP contribution in [0.15, 0.2) is 41.5 Å². The third-order valence-corrected chi connectivity index (χ3v) is 3.08. The fraction of sp³-hybridized carbons (Fsp3) is 0.214. The fourth-order valence-electron chi connectivity index (χ4n) is 2.10. The van der Waals surface area contributed by atoms with Crippen LogP contribution in [0.25, 0.3) is 10.9 Å². The number of rotatable bonds is 4. The highest BCUT2D eigenvalue weighted by Gasteiger charge is 2.02. The quantitative estimate of drug-likeness (QED) is 0.749. The smallest absolute Gasteiger partial charge is 0.260 e. The van der Waals surface area contributed by atoms with E-state index >= 15 is 0 Å². The molecular weight excluding hydrogens is 254 g/mol. The lowest BCUT2D eigenvalue weighted by Gasteiger charge is -2.05. The molecule has 0 fully saturated rings. The maximum absolute atomic E-state index is 11.9. The molecule has 0 saturated heterocycles. The average molecular weight is 269 g/mol. The molecule has 0 unspecified atom stereocenters. The van der Waals surface area contributed by atoms with E-state index in [1.807, 2.05) is 37.6 Å². The molecule has 0 spiro atoms. The van der Waals surface area contributed by atoms with Gasteiger partial charge in [0.25, 0.3) is 5.56 Å². The van der Waals surface area contributed by atoms with Gasteiger partial charge in [-0.2, -0.15) is 5.10 Å². The number of nitrogens with zero attached hydrogens (tertiary/aromatic N) is 3. The third-order valence-electron chi connectivity index (χ3n) is 3.08. The second-order valence-corrected chi connectivity index (χ2v) is 4.63. The Balaban J connectivity index is 1.73. The molecule has 0 aliphatic carbocycles. The van der Waals surface area contributed by atoms with Crippen molar-refractivity contribution in [3.8, 4) is 0 Å². The Labute approximate surface area is 115 Å². The summed E-state index contributed by atoms with van der Waals surface area (Å²) in [7, 11) is 1.89. The molecule has 3 aromatic rings. The van der Waals surface area contributed by atoms with Crippen LogP contribution in [0, 0.1) is 0 Å². The standard InChI is InChI=1S/C14H15N5O/c1-19-9-10(8-16-19)6-7-15-14-17-12-5-3-2-4-11(12)13(20)18-14/h2-5,8-9H,6-7H2,1H3,(H2,15,17,18,20). The Kier molecular flexibility index (Phi) is 3.20. The van der Waals surface area contributed by atoms with E-state index in [2.05, 4.69) is 20.4 Å². The maximum atomic E-state index is 11.9. The second kappa shape index (κ2) is 5.16. The topological polar surface area (TPSA) is 75.6 Å². The minimum absolute atomic E-state index is 0.125. The van der Waals surface area contributed by atoms with Crippen LogP contribution in [0.1, 0.15) is 5.56 Å². The van der Waals surface area contributed by atoms with E-state index in [0.29, 0.717) is 23.4 Å². The van der Waals surface area contributed by atoms with Crippen molar-refractivity contribution in [3.05, 3.63) is 52.6 Å². The van der Waals surface area contributed by atoms with E-state index in [4.69, 9.17) is 0 Å². The van der Waals surface area contributed by atoms with Gasteiger partial charge in [-0.25, -0.2) is 4.98 Å². The van der Waals surface area contributed by atoms with Crippen molar-refractivity contribution in [3.63, 3.8) is 0 Å². The normalized spacial score (nSPS) is 10.8. The first-order valence-corrected chi connectivity index (χ1v) is 6.43. The van der Waals surface area contributed by atoms with Crippen LogP contribution in [0.5, 0.6) is 0 Å². The predicted molar refractivity (Wildman–Crippen MR) is 77.8 cm³/mol. The Morgan fingerprint density at radius 2 is 2.20 bits per heavy atom. The van der Waals surface area contributed by atoms with Gasteiger partial charge < -0.3 is 5.32 Å². The highest BCUT2D eigenvalue weighted by Crippen LogP contribution is 2.08. The zero-order valence-corrected chi connectivity index (χ0v) is 11.1. The van der Waals surface area contributed by atoms with E-state index in [1.54, 1.807) is 10.7 Å². The minimum Gasteiger partial charge on any atom is -0.355 e. The Morgan fingerprint density at radius 1 is 1.35 bits per heavy atom. The number of anilines is 1. The molecule has 2 heterocycles. The predicted octanol–water partition coefficient (Wildman–Crippen LogP) is 1.31. The zero-order valence-electron chi connectivity index (χ0n) is 11.1. The van der Waals surface area contributed by atoms with Crippen LogP contribution in [0.4, 0.5) is 5.95 Å². The van der Waals surface area contributed by atoms with Crippen LogP contribution in [0.2, 0.25) is 0 Å². The van der Waals surface area contributed by atoms with E-state index < -0.39 is 0 Å². The van der Waals surface area contributed by atoms with E-state index in [1.165, 1.54) is 0 Å². The molecule has 0 saturated carbocycles. The number of H-pyrrole nitrogens is 1. The van der Waals surface area contributed by atoms with Gasteiger partial charge in [-0.05, 0) is 24.1 Å². The number of aryl methyl sites for hydroxylation is 1. The molecule has 1 aromatic carbocycles. The van der Waals surface area contributed by atoms with Crippen molar-refractivity contribution >= 4 is 16.9 Å². The van der Waals surface area contributed by atoms with Crippen LogP contribution < -0.4 is 10.9 Å². The first kappa shape index (κ1) is 12.4. The fourth-order valence-corrected chi connectivity index (χ4v) is 2.10. The molecule has 0 radical (unpaired) electrons. The van der Waals surface area contributed by atoms with Gasteiger partial charge in [0, 0.05) is 19.8 Å². The maximum Gasteiger partial charge on any atom is 0.260 e. The summed E-state index contributed by atoms with van der Waals surface area (Å²) in [6.07, 6.45) is 4.63. The lowest BCUT2D eigenvalue weighted by molar-refractivity contribution is 0.766. The average Bonchev–Trinajstić information content (AvgIpc) is 2.85. The zero-order chi connectivity index (χ0) is 13.9. The molecule has 0 bridgehead atoms. The largest absolute Gasteiger partial charge is 0.355 e. The summed E-state index contributed by atoms with van der Waals surface area (Å²) in [4.78, 5) is 19.0. The van der Waals surface area contributed by atoms with E-state index in [9.17, 15) is 4.79 Å². The lowest BCUT2D eigenvalue weighted by atomic mass is 10.2. The Bertz CT molecular complexity index is 789. The summed E-state index contributed by atoms with van der Waals surface area (Å²) in [6, 6.07) is 7.29. The van der Waals surface area contributed by atoms with Crippen molar-refractivity contribution < 1.29 is 0 Å². The summed E-state index contributed by atoms with van der Waals surface area (Å²) in [5.41, 5.74) is 1.71. The van der Waals surface area contributed by atoms with Crippen LogP contribution in [-0.2, 0) is 13.5 Å². The molecule has 6 heteroatoms. The number of aromatic amines is 1. The minimum atomic E-state index is -0.125. The van der Waals surface area contributed by atoms with Gasteiger partial charge in [0.15, 0.2) is 0 Å². The first-order valence-electron chi connectivity index (χ1n) is 6.43. The van der Waals surface area contributed by atoms with Crippen LogP contribution in [0.3, 0.4) is 0 Å². The SMILES string of the molecule is Cn1cc(CCNc2nc3ccccc3c(=O)[nH]2)cn1. The summed E-state index contributed by atoms with van der Waals surface area (Å²) < 4.78 is 1.77. The molecule has 6 nitrogen and oxygen atoms in total. The number of para-hydroxylation sites is 1. The van der Waals surface area contributed by atoms with Gasteiger partial charge in [-0.1, -0.05) is 12.1 Å². The molecule has 2 N–H and O–H groups in total. The van der Waals surface area contributed by atoms with Crippen molar-refractivity contribution in [2.75, 3.05) is 11.9 Å². The summed E-state index contributed by atoms with van der Waals surface area (Å²) in [5.74, 6) is 0.498. The molecular formula is C14H15N5O. The molecule has 0 aliphatic rings. The molecule has 20 heavy (non-hydrogen) atoms.